The zero-order valence-electron chi connectivity index (χ0n) is 12.3. The predicted molar refractivity (Wildman–Crippen MR) is 78.9 cm³/mol. The molecular weight excluding hydrogens is 262 g/mol. The summed E-state index contributed by atoms with van der Waals surface area (Å²) >= 11 is 0. The fourth-order valence-corrected chi connectivity index (χ4v) is 7.55. The minimum absolute atomic E-state index is 0.0543. The maximum absolute atomic E-state index is 13.0. The van der Waals surface area contributed by atoms with Crippen molar-refractivity contribution in [3.05, 3.63) is 11.1 Å². The molecule has 0 aromatic carbocycles. The van der Waals surface area contributed by atoms with Gasteiger partial charge in [0, 0.05) is 35.7 Å². The summed E-state index contributed by atoms with van der Waals surface area (Å²) in [6.45, 7) is 1.46. The Bertz CT molecular complexity index is 667. The number of dihydropyridines is 1. The summed E-state index contributed by atoms with van der Waals surface area (Å²) in [4.78, 5) is 19.5. The fraction of sp³-hybridized carbons (Fsp3) is 0.765. The molecule has 21 heavy (non-hydrogen) atoms. The lowest BCUT2D eigenvalue weighted by atomic mass is 9.31. The van der Waals surface area contributed by atoms with Crippen LogP contribution in [0, 0.1) is 17.3 Å². The fourth-order valence-electron chi connectivity index (χ4n) is 7.55. The molecule has 5 atom stereocenters. The lowest BCUT2D eigenvalue weighted by Gasteiger charge is -2.78. The van der Waals surface area contributed by atoms with E-state index in [1.807, 2.05) is 6.21 Å². The minimum Gasteiger partial charge on any atom is -0.328 e. The van der Waals surface area contributed by atoms with Crippen molar-refractivity contribution in [2.24, 2.45) is 28.0 Å². The second-order valence-electron chi connectivity index (χ2n) is 8.44. The highest BCUT2D eigenvalue weighted by atomic mass is 16.2. The Labute approximate surface area is 124 Å². The molecule has 0 radical (unpaired) electrons. The number of carbonyl (C=O) groups is 1. The molecule has 2 bridgehead atoms. The van der Waals surface area contributed by atoms with Gasteiger partial charge in [-0.15, -0.1) is 0 Å². The van der Waals surface area contributed by atoms with Gasteiger partial charge in [-0.05, 0) is 49.5 Å². The minimum atomic E-state index is 0.0543. The molecule has 2 aliphatic heterocycles. The van der Waals surface area contributed by atoms with Gasteiger partial charge in [0.15, 0.2) is 0 Å². The van der Waals surface area contributed by atoms with E-state index in [1.54, 1.807) is 0 Å². The topological polar surface area (TPSA) is 58.7 Å². The van der Waals surface area contributed by atoms with Crippen molar-refractivity contribution in [2.75, 3.05) is 13.1 Å². The Morgan fingerprint density at radius 3 is 2.90 bits per heavy atom. The van der Waals surface area contributed by atoms with Crippen LogP contribution in [0.15, 0.2) is 16.1 Å². The average Bonchev–Trinajstić information content (AvgIpc) is 3.02. The van der Waals surface area contributed by atoms with Crippen LogP contribution in [0.4, 0.5) is 0 Å². The van der Waals surface area contributed by atoms with E-state index >= 15 is 0 Å². The van der Waals surface area contributed by atoms with E-state index in [2.05, 4.69) is 9.89 Å². The number of carbonyl (C=O) groups excluding carboxylic acids is 1. The Morgan fingerprint density at radius 1 is 1.24 bits per heavy atom. The van der Waals surface area contributed by atoms with Gasteiger partial charge >= 0.3 is 0 Å². The predicted octanol–water partition coefficient (Wildman–Crippen LogP) is 1.26. The van der Waals surface area contributed by atoms with Crippen LogP contribution in [0.5, 0.6) is 0 Å². The SMILES string of the molecule is NC12CC3CC4(N5CC6=C(CN=CC6)C5=O)CC(C1)C24C3. The number of nitrogens with zero attached hydrogens (tertiary/aromatic N) is 2. The molecule has 6 rings (SSSR count). The molecule has 0 saturated heterocycles. The van der Waals surface area contributed by atoms with Crippen molar-refractivity contribution >= 4 is 12.1 Å². The normalized spacial score (nSPS) is 55.5. The molecule has 4 heteroatoms. The van der Waals surface area contributed by atoms with Crippen LogP contribution in [-0.2, 0) is 4.79 Å². The molecule has 4 fully saturated rings. The number of nitrogens with two attached hydrogens (primary N) is 1. The van der Waals surface area contributed by atoms with Gasteiger partial charge in [0.25, 0.3) is 5.91 Å². The summed E-state index contributed by atoms with van der Waals surface area (Å²) in [5, 5.41) is 0. The zero-order chi connectivity index (χ0) is 14.0. The first-order valence-electron chi connectivity index (χ1n) is 8.40. The van der Waals surface area contributed by atoms with Crippen molar-refractivity contribution in [1.82, 2.24) is 4.90 Å². The van der Waals surface area contributed by atoms with E-state index in [-0.39, 0.29) is 22.4 Å². The van der Waals surface area contributed by atoms with E-state index in [9.17, 15) is 4.79 Å². The van der Waals surface area contributed by atoms with Gasteiger partial charge in [-0.1, -0.05) is 0 Å². The van der Waals surface area contributed by atoms with Crippen molar-refractivity contribution in [3.8, 4) is 0 Å². The summed E-state index contributed by atoms with van der Waals surface area (Å²) < 4.78 is 0. The largest absolute Gasteiger partial charge is 0.328 e. The third kappa shape index (κ3) is 0.905. The molecule has 0 aromatic heterocycles. The molecule has 1 amide bonds. The van der Waals surface area contributed by atoms with Crippen LogP contribution < -0.4 is 5.73 Å². The summed E-state index contributed by atoms with van der Waals surface area (Å²) in [6, 6.07) is 0. The third-order valence-corrected chi connectivity index (χ3v) is 8.01. The van der Waals surface area contributed by atoms with Gasteiger partial charge in [0.1, 0.15) is 0 Å². The molecule has 6 aliphatic rings. The molecule has 4 nitrogen and oxygen atoms in total. The van der Waals surface area contributed by atoms with E-state index in [4.69, 9.17) is 5.73 Å². The monoisotopic (exact) mass is 283 g/mol. The van der Waals surface area contributed by atoms with Crippen molar-refractivity contribution in [3.63, 3.8) is 0 Å². The maximum Gasteiger partial charge on any atom is 0.252 e. The molecule has 4 saturated carbocycles. The quantitative estimate of drug-likeness (QED) is 0.787. The maximum atomic E-state index is 13.0. The number of hydrogen-bond donors (Lipinski definition) is 1. The van der Waals surface area contributed by atoms with Gasteiger partial charge in [0.05, 0.1) is 12.1 Å². The van der Waals surface area contributed by atoms with Gasteiger partial charge < -0.3 is 10.6 Å². The molecule has 2 N–H and O–H groups in total. The second kappa shape index (κ2) is 2.98. The Balaban J connectivity index is 1.43. The number of aliphatic imine (C=N–C) groups is 1. The Morgan fingerprint density at radius 2 is 2.14 bits per heavy atom. The molecule has 1 spiro atoms. The number of amides is 1. The van der Waals surface area contributed by atoms with Crippen LogP contribution in [-0.4, -0.2) is 41.2 Å². The second-order valence-corrected chi connectivity index (χ2v) is 8.44. The summed E-state index contributed by atoms with van der Waals surface area (Å²) in [7, 11) is 0. The van der Waals surface area contributed by atoms with Crippen LogP contribution in [0.3, 0.4) is 0 Å². The van der Waals surface area contributed by atoms with Crippen molar-refractivity contribution < 1.29 is 4.79 Å². The van der Waals surface area contributed by atoms with Crippen LogP contribution in [0.2, 0.25) is 0 Å². The average molecular weight is 283 g/mol. The first-order valence-corrected chi connectivity index (χ1v) is 8.40. The van der Waals surface area contributed by atoms with Gasteiger partial charge in [-0.3, -0.25) is 9.79 Å². The third-order valence-electron chi connectivity index (χ3n) is 8.01. The van der Waals surface area contributed by atoms with Crippen molar-refractivity contribution in [2.45, 2.75) is 49.6 Å². The first kappa shape index (κ1) is 11.4. The molecule has 0 aromatic rings. The van der Waals surface area contributed by atoms with Gasteiger partial charge in [-0.2, -0.15) is 0 Å². The molecular formula is C17H21N3O. The molecule has 110 valence electrons. The van der Waals surface area contributed by atoms with Crippen molar-refractivity contribution in [1.29, 1.82) is 0 Å². The first-order chi connectivity index (χ1) is 10.1. The zero-order valence-corrected chi connectivity index (χ0v) is 12.3. The summed E-state index contributed by atoms with van der Waals surface area (Å²) in [6.07, 6.45) is 9.01. The van der Waals surface area contributed by atoms with E-state index < -0.39 is 0 Å². The van der Waals surface area contributed by atoms with Crippen LogP contribution in [0.1, 0.15) is 38.5 Å². The summed E-state index contributed by atoms with van der Waals surface area (Å²) in [5.41, 5.74) is 9.55. The van der Waals surface area contributed by atoms with Gasteiger partial charge in [-0.25, -0.2) is 0 Å². The highest BCUT2D eigenvalue weighted by Gasteiger charge is 2.87. The lowest BCUT2D eigenvalue weighted by molar-refractivity contribution is -0.255. The number of fused-ring (bicyclic) bond motifs is 1. The number of rotatable bonds is 1. The van der Waals surface area contributed by atoms with E-state index in [0.717, 1.165) is 30.4 Å². The van der Waals surface area contributed by atoms with Crippen LogP contribution in [0.25, 0.3) is 0 Å². The van der Waals surface area contributed by atoms with E-state index in [1.165, 1.54) is 37.7 Å². The highest BCUT2D eigenvalue weighted by Crippen LogP contribution is 2.85. The molecule has 2 heterocycles. The highest BCUT2D eigenvalue weighted by molar-refractivity contribution is 6.00. The Kier molecular flexibility index (Phi) is 1.62. The van der Waals surface area contributed by atoms with Gasteiger partial charge in [0.2, 0.25) is 0 Å². The lowest BCUT2D eigenvalue weighted by Crippen LogP contribution is -2.86. The Hall–Kier alpha value is -1.16. The molecule has 5 unspecified atom stereocenters. The van der Waals surface area contributed by atoms with E-state index in [0.29, 0.717) is 6.54 Å². The van der Waals surface area contributed by atoms with Crippen LogP contribution >= 0.6 is 0 Å². The number of hydrogen-bond acceptors (Lipinski definition) is 3. The smallest absolute Gasteiger partial charge is 0.252 e. The summed E-state index contributed by atoms with van der Waals surface area (Å²) in [5.74, 6) is 1.86. The standard InChI is InChI=1S/C17H21N3O/c18-15-3-10-4-16(7-12(6-15)17(15,16)5-10)20-9-11-1-2-19-8-13(11)14(20)21/h2,10,12H,1,3-9,18H2. The molecule has 4 aliphatic carbocycles.